The molecule has 0 saturated carbocycles. The van der Waals surface area contributed by atoms with Crippen LogP contribution in [-0.4, -0.2) is 47.4 Å². The molecule has 23 heavy (non-hydrogen) atoms. The molecule has 7 nitrogen and oxygen atoms in total. The zero-order valence-electron chi connectivity index (χ0n) is 13.1. The summed E-state index contributed by atoms with van der Waals surface area (Å²) >= 11 is 0. The molecule has 1 amide bonds. The van der Waals surface area contributed by atoms with Crippen LogP contribution in [0.15, 0.2) is 24.3 Å². The fourth-order valence-electron chi connectivity index (χ4n) is 3.86. The Balaban J connectivity index is 1.67. The molecule has 2 heterocycles. The average molecular weight is 318 g/mol. The molecule has 0 aromatic heterocycles. The van der Waals surface area contributed by atoms with Gasteiger partial charge in [-0.15, -0.1) is 0 Å². The fraction of sp³-hybridized carbons (Fsp3) is 0.562. The Bertz CT molecular complexity index is 599. The fourth-order valence-corrected chi connectivity index (χ4v) is 3.86. The second-order valence-electron chi connectivity index (χ2n) is 6.26. The summed E-state index contributed by atoms with van der Waals surface area (Å²) < 4.78 is 0. The molecule has 2 aliphatic rings. The molecule has 3 rings (SSSR count). The third-order valence-electron chi connectivity index (χ3n) is 4.98. The van der Waals surface area contributed by atoms with Crippen molar-refractivity contribution < 1.29 is 9.72 Å². The first-order valence-electron chi connectivity index (χ1n) is 8.11. The van der Waals surface area contributed by atoms with E-state index >= 15 is 0 Å². The summed E-state index contributed by atoms with van der Waals surface area (Å²) in [6, 6.07) is 7.08. The summed E-state index contributed by atoms with van der Waals surface area (Å²) in [5.41, 5.74) is 6.34. The van der Waals surface area contributed by atoms with Gasteiger partial charge in [0.1, 0.15) is 5.69 Å². The molecule has 124 valence electrons. The standard InChI is InChI=1S/C16H22N4O3/c17-16(21)15-6-3-9-19(15)12-7-10-18(11-8-12)13-4-1-2-5-14(13)20(22)23/h1-2,4-5,12,15H,3,6-11H2,(H2,17,21). The number of nitro benzene ring substituents is 1. The van der Waals surface area contributed by atoms with Crippen molar-refractivity contribution >= 4 is 17.3 Å². The number of benzene rings is 1. The van der Waals surface area contributed by atoms with Gasteiger partial charge >= 0.3 is 0 Å². The van der Waals surface area contributed by atoms with Crippen molar-refractivity contribution in [1.82, 2.24) is 4.90 Å². The lowest BCUT2D eigenvalue weighted by Gasteiger charge is -2.39. The number of nitro groups is 1. The molecule has 0 aliphatic carbocycles. The number of carbonyl (C=O) groups is 1. The number of rotatable bonds is 4. The topological polar surface area (TPSA) is 92.7 Å². The van der Waals surface area contributed by atoms with E-state index in [1.54, 1.807) is 18.2 Å². The van der Waals surface area contributed by atoms with Gasteiger partial charge in [0, 0.05) is 25.2 Å². The number of likely N-dealkylation sites (tertiary alicyclic amines) is 1. The molecular formula is C16H22N4O3. The van der Waals surface area contributed by atoms with E-state index in [0.717, 1.165) is 45.3 Å². The Morgan fingerprint density at radius 1 is 1.17 bits per heavy atom. The summed E-state index contributed by atoms with van der Waals surface area (Å²) in [4.78, 5) is 26.7. The highest BCUT2D eigenvalue weighted by molar-refractivity contribution is 5.80. The van der Waals surface area contributed by atoms with Crippen LogP contribution in [0.5, 0.6) is 0 Å². The largest absolute Gasteiger partial charge is 0.368 e. The van der Waals surface area contributed by atoms with E-state index in [2.05, 4.69) is 9.80 Å². The van der Waals surface area contributed by atoms with Crippen LogP contribution in [0.4, 0.5) is 11.4 Å². The Kier molecular flexibility index (Phi) is 4.47. The highest BCUT2D eigenvalue weighted by Gasteiger charge is 2.36. The maximum Gasteiger partial charge on any atom is 0.292 e. The molecule has 0 radical (unpaired) electrons. The Labute approximate surface area is 135 Å². The van der Waals surface area contributed by atoms with Gasteiger partial charge in [-0.1, -0.05) is 12.1 Å². The second kappa shape index (κ2) is 6.54. The van der Waals surface area contributed by atoms with Crippen molar-refractivity contribution in [3.8, 4) is 0 Å². The molecule has 1 aromatic carbocycles. The zero-order chi connectivity index (χ0) is 16.4. The molecule has 0 bridgehead atoms. The first-order valence-corrected chi connectivity index (χ1v) is 8.11. The van der Waals surface area contributed by atoms with Gasteiger partial charge in [0.2, 0.25) is 5.91 Å². The van der Waals surface area contributed by atoms with Crippen molar-refractivity contribution in [3.05, 3.63) is 34.4 Å². The first kappa shape index (κ1) is 15.7. The minimum absolute atomic E-state index is 0.141. The number of primary amides is 1. The summed E-state index contributed by atoms with van der Waals surface area (Å²) in [5, 5.41) is 11.2. The van der Waals surface area contributed by atoms with Crippen LogP contribution in [0, 0.1) is 10.1 Å². The predicted octanol–water partition coefficient (Wildman–Crippen LogP) is 1.51. The van der Waals surface area contributed by atoms with Gasteiger partial charge in [0.25, 0.3) is 5.69 Å². The molecule has 1 unspecified atom stereocenters. The highest BCUT2D eigenvalue weighted by atomic mass is 16.6. The Morgan fingerprint density at radius 2 is 1.87 bits per heavy atom. The van der Waals surface area contributed by atoms with Crippen molar-refractivity contribution in [3.63, 3.8) is 0 Å². The number of anilines is 1. The number of nitrogens with zero attached hydrogens (tertiary/aromatic N) is 3. The van der Waals surface area contributed by atoms with Gasteiger partial charge in [-0.05, 0) is 38.3 Å². The van der Waals surface area contributed by atoms with Crippen molar-refractivity contribution in [2.24, 2.45) is 5.73 Å². The van der Waals surface area contributed by atoms with Crippen LogP contribution in [0.3, 0.4) is 0 Å². The van der Waals surface area contributed by atoms with Gasteiger partial charge in [0.05, 0.1) is 11.0 Å². The number of para-hydroxylation sites is 2. The van der Waals surface area contributed by atoms with Crippen LogP contribution in [0.1, 0.15) is 25.7 Å². The number of piperidine rings is 1. The lowest BCUT2D eigenvalue weighted by atomic mass is 10.0. The maximum atomic E-state index is 11.6. The minimum Gasteiger partial charge on any atom is -0.368 e. The average Bonchev–Trinajstić information content (AvgIpc) is 3.05. The van der Waals surface area contributed by atoms with E-state index in [9.17, 15) is 14.9 Å². The third kappa shape index (κ3) is 3.14. The number of carbonyl (C=O) groups excluding carboxylic acids is 1. The zero-order valence-corrected chi connectivity index (χ0v) is 13.1. The quantitative estimate of drug-likeness (QED) is 0.671. The summed E-state index contributed by atoms with van der Waals surface area (Å²) in [6.45, 7) is 2.44. The maximum absolute atomic E-state index is 11.6. The van der Waals surface area contributed by atoms with Gasteiger partial charge in [-0.25, -0.2) is 0 Å². The minimum atomic E-state index is -0.328. The smallest absolute Gasteiger partial charge is 0.292 e. The van der Waals surface area contributed by atoms with Crippen LogP contribution in [0.2, 0.25) is 0 Å². The lowest BCUT2D eigenvalue weighted by Crippen LogP contribution is -2.50. The molecule has 2 N–H and O–H groups in total. The monoisotopic (exact) mass is 318 g/mol. The molecule has 0 spiro atoms. The van der Waals surface area contributed by atoms with Gasteiger partial charge in [-0.3, -0.25) is 19.8 Å². The predicted molar refractivity (Wildman–Crippen MR) is 87.3 cm³/mol. The van der Waals surface area contributed by atoms with Crippen LogP contribution in [-0.2, 0) is 4.79 Å². The van der Waals surface area contributed by atoms with E-state index in [4.69, 9.17) is 5.73 Å². The normalized spacial score (nSPS) is 23.1. The summed E-state index contributed by atoms with van der Waals surface area (Å²) in [7, 11) is 0. The molecule has 2 fully saturated rings. The van der Waals surface area contributed by atoms with Gasteiger partial charge in [-0.2, -0.15) is 0 Å². The van der Waals surface area contributed by atoms with Crippen molar-refractivity contribution in [2.45, 2.75) is 37.8 Å². The molecular weight excluding hydrogens is 296 g/mol. The SMILES string of the molecule is NC(=O)C1CCCN1C1CCN(c2ccccc2[N+](=O)[O-])CC1. The molecule has 1 aromatic rings. The van der Waals surface area contributed by atoms with E-state index in [1.807, 2.05) is 6.07 Å². The number of hydrogen-bond donors (Lipinski definition) is 1. The van der Waals surface area contributed by atoms with Crippen LogP contribution in [0.25, 0.3) is 0 Å². The van der Waals surface area contributed by atoms with Gasteiger partial charge < -0.3 is 10.6 Å². The third-order valence-corrected chi connectivity index (χ3v) is 4.98. The Morgan fingerprint density at radius 3 is 2.52 bits per heavy atom. The van der Waals surface area contributed by atoms with E-state index in [0.29, 0.717) is 11.7 Å². The number of hydrogen-bond acceptors (Lipinski definition) is 5. The number of nitrogens with two attached hydrogens (primary N) is 1. The van der Waals surface area contributed by atoms with E-state index < -0.39 is 0 Å². The van der Waals surface area contributed by atoms with Crippen LogP contribution < -0.4 is 10.6 Å². The summed E-state index contributed by atoms with van der Waals surface area (Å²) in [6.07, 6.45) is 3.66. The lowest BCUT2D eigenvalue weighted by molar-refractivity contribution is -0.384. The second-order valence-corrected chi connectivity index (χ2v) is 6.26. The molecule has 2 saturated heterocycles. The van der Waals surface area contributed by atoms with Gasteiger partial charge in [0.15, 0.2) is 0 Å². The van der Waals surface area contributed by atoms with Crippen molar-refractivity contribution in [1.29, 1.82) is 0 Å². The first-order chi connectivity index (χ1) is 11.1. The molecule has 1 atom stereocenters. The Hall–Kier alpha value is -2.15. The molecule has 2 aliphatic heterocycles. The van der Waals surface area contributed by atoms with E-state index in [-0.39, 0.29) is 22.6 Å². The summed E-state index contributed by atoms with van der Waals surface area (Å²) in [5.74, 6) is -0.233. The highest BCUT2D eigenvalue weighted by Crippen LogP contribution is 2.32. The van der Waals surface area contributed by atoms with E-state index in [1.165, 1.54) is 0 Å². The number of amides is 1. The van der Waals surface area contributed by atoms with Crippen molar-refractivity contribution in [2.75, 3.05) is 24.5 Å². The van der Waals surface area contributed by atoms with Crippen LogP contribution >= 0.6 is 0 Å². The molecule has 7 heteroatoms.